The molecule has 19 heavy (non-hydrogen) atoms. The minimum Gasteiger partial charge on any atom is -0.361 e. The Kier molecular flexibility index (Phi) is 3.12. The molecule has 0 saturated carbocycles. The Bertz CT molecular complexity index is 692. The van der Waals surface area contributed by atoms with Crippen LogP contribution in [0.3, 0.4) is 0 Å². The summed E-state index contributed by atoms with van der Waals surface area (Å²) in [5.74, 6) is 0. The van der Waals surface area contributed by atoms with E-state index in [9.17, 15) is 0 Å². The first kappa shape index (κ1) is 12.4. The van der Waals surface area contributed by atoms with Crippen LogP contribution in [0, 0.1) is 13.8 Å². The number of H-pyrrole nitrogens is 1. The highest BCUT2D eigenvalue weighted by Crippen LogP contribution is 2.26. The average molecular weight is 271 g/mol. The summed E-state index contributed by atoms with van der Waals surface area (Å²) in [5.41, 5.74) is 9.81. The minimum atomic E-state index is -0.0309. The van der Waals surface area contributed by atoms with E-state index in [2.05, 4.69) is 41.3 Å². The van der Waals surface area contributed by atoms with Gasteiger partial charge in [0.05, 0.1) is 11.7 Å². The maximum atomic E-state index is 6.29. The number of hydrogen-bond acceptors (Lipinski definition) is 3. The second-order valence-corrected chi connectivity index (χ2v) is 6.10. The Morgan fingerprint density at radius 2 is 2.11 bits per heavy atom. The minimum absolute atomic E-state index is 0.0309. The summed E-state index contributed by atoms with van der Waals surface area (Å²) in [4.78, 5) is 9.10. The van der Waals surface area contributed by atoms with Gasteiger partial charge in [-0.1, -0.05) is 18.2 Å². The standard InChI is InChI=1S/C15H17N3S/c1-9-10(2)19-15(18-9)13(16)7-11-8-17-14-6-4-3-5-12(11)14/h3-6,8,13,17H,7,16H2,1-2H3. The highest BCUT2D eigenvalue weighted by molar-refractivity contribution is 7.11. The van der Waals surface area contributed by atoms with Crippen LogP contribution in [0.5, 0.6) is 0 Å². The first-order valence-electron chi connectivity index (χ1n) is 6.39. The van der Waals surface area contributed by atoms with E-state index in [1.807, 2.05) is 13.0 Å². The molecule has 1 aromatic carbocycles. The molecule has 3 nitrogen and oxygen atoms in total. The van der Waals surface area contributed by atoms with E-state index in [0.717, 1.165) is 22.6 Å². The molecule has 0 radical (unpaired) electrons. The predicted octanol–water partition coefficient (Wildman–Crippen LogP) is 3.48. The van der Waals surface area contributed by atoms with Crippen LogP contribution < -0.4 is 5.73 Å². The molecule has 3 N–H and O–H groups in total. The Labute approximate surface area is 116 Å². The molecule has 4 heteroatoms. The summed E-state index contributed by atoms with van der Waals surface area (Å²) in [6.45, 7) is 4.13. The number of aryl methyl sites for hydroxylation is 2. The third kappa shape index (κ3) is 2.29. The molecule has 3 aromatic rings. The zero-order valence-corrected chi connectivity index (χ0v) is 11.9. The van der Waals surface area contributed by atoms with Crippen molar-refractivity contribution in [1.29, 1.82) is 0 Å². The zero-order valence-electron chi connectivity index (χ0n) is 11.1. The Balaban J connectivity index is 1.88. The molecule has 3 rings (SSSR count). The maximum absolute atomic E-state index is 6.29. The van der Waals surface area contributed by atoms with E-state index < -0.39 is 0 Å². The lowest BCUT2D eigenvalue weighted by Gasteiger charge is -2.07. The summed E-state index contributed by atoms with van der Waals surface area (Å²) >= 11 is 1.70. The maximum Gasteiger partial charge on any atom is 0.110 e. The summed E-state index contributed by atoms with van der Waals surface area (Å²) in [5, 5.41) is 2.28. The van der Waals surface area contributed by atoms with Crippen LogP contribution in [0.2, 0.25) is 0 Å². The first-order valence-corrected chi connectivity index (χ1v) is 7.21. The molecule has 1 atom stereocenters. The number of fused-ring (bicyclic) bond motifs is 1. The second-order valence-electron chi connectivity index (χ2n) is 4.86. The lowest BCUT2D eigenvalue weighted by Crippen LogP contribution is -2.12. The van der Waals surface area contributed by atoms with Gasteiger partial charge in [0.1, 0.15) is 5.01 Å². The Morgan fingerprint density at radius 1 is 1.32 bits per heavy atom. The largest absolute Gasteiger partial charge is 0.361 e. The quantitative estimate of drug-likeness (QED) is 0.766. The van der Waals surface area contributed by atoms with E-state index in [0.29, 0.717) is 0 Å². The van der Waals surface area contributed by atoms with Crippen LogP contribution in [-0.4, -0.2) is 9.97 Å². The topological polar surface area (TPSA) is 54.7 Å². The fraction of sp³-hybridized carbons (Fsp3) is 0.267. The van der Waals surface area contributed by atoms with Crippen molar-refractivity contribution in [3.05, 3.63) is 51.6 Å². The number of aromatic amines is 1. The van der Waals surface area contributed by atoms with Crippen LogP contribution in [0.4, 0.5) is 0 Å². The van der Waals surface area contributed by atoms with E-state index >= 15 is 0 Å². The molecule has 98 valence electrons. The van der Waals surface area contributed by atoms with Crippen molar-refractivity contribution in [2.24, 2.45) is 5.73 Å². The third-order valence-corrected chi connectivity index (χ3v) is 4.68. The van der Waals surface area contributed by atoms with Crippen LogP contribution in [-0.2, 0) is 6.42 Å². The number of aromatic nitrogens is 2. The van der Waals surface area contributed by atoms with Gasteiger partial charge in [0, 0.05) is 22.0 Å². The van der Waals surface area contributed by atoms with Crippen molar-refractivity contribution in [2.45, 2.75) is 26.3 Å². The van der Waals surface area contributed by atoms with Gasteiger partial charge in [-0.25, -0.2) is 4.98 Å². The van der Waals surface area contributed by atoms with Gasteiger partial charge in [-0.05, 0) is 31.9 Å². The number of rotatable bonds is 3. The monoisotopic (exact) mass is 271 g/mol. The fourth-order valence-electron chi connectivity index (χ4n) is 2.28. The highest BCUT2D eigenvalue weighted by Gasteiger charge is 2.14. The lowest BCUT2D eigenvalue weighted by molar-refractivity contribution is 0.716. The van der Waals surface area contributed by atoms with Crippen molar-refractivity contribution in [3.8, 4) is 0 Å². The highest BCUT2D eigenvalue weighted by atomic mass is 32.1. The summed E-state index contributed by atoms with van der Waals surface area (Å²) < 4.78 is 0. The van der Waals surface area contributed by atoms with E-state index in [1.165, 1.54) is 15.8 Å². The van der Waals surface area contributed by atoms with E-state index in [4.69, 9.17) is 5.73 Å². The van der Waals surface area contributed by atoms with Crippen molar-refractivity contribution >= 4 is 22.2 Å². The molecular weight excluding hydrogens is 254 g/mol. The van der Waals surface area contributed by atoms with Crippen LogP contribution in [0.25, 0.3) is 10.9 Å². The molecular formula is C15H17N3S. The van der Waals surface area contributed by atoms with Crippen molar-refractivity contribution in [2.75, 3.05) is 0 Å². The van der Waals surface area contributed by atoms with Gasteiger partial charge in [0.15, 0.2) is 0 Å². The third-order valence-electron chi connectivity index (χ3n) is 3.48. The lowest BCUT2D eigenvalue weighted by atomic mass is 10.1. The molecule has 0 spiro atoms. The SMILES string of the molecule is Cc1nc(C(N)Cc2c[nH]c3ccccc23)sc1C. The molecule has 0 fully saturated rings. The van der Waals surface area contributed by atoms with Gasteiger partial charge in [0.25, 0.3) is 0 Å². The van der Waals surface area contributed by atoms with Gasteiger partial charge in [-0.2, -0.15) is 0 Å². The van der Waals surface area contributed by atoms with Crippen LogP contribution in [0.15, 0.2) is 30.5 Å². The van der Waals surface area contributed by atoms with Crippen LogP contribution in [0.1, 0.15) is 27.2 Å². The molecule has 2 aromatic heterocycles. The van der Waals surface area contributed by atoms with Crippen molar-refractivity contribution in [3.63, 3.8) is 0 Å². The number of thiazole rings is 1. The number of benzene rings is 1. The molecule has 0 saturated heterocycles. The number of nitrogens with one attached hydrogen (secondary N) is 1. The Morgan fingerprint density at radius 3 is 2.84 bits per heavy atom. The smallest absolute Gasteiger partial charge is 0.110 e. The van der Waals surface area contributed by atoms with Gasteiger partial charge in [-0.3, -0.25) is 0 Å². The normalized spacial score (nSPS) is 13.0. The Hall–Kier alpha value is -1.65. The fourth-order valence-corrected chi connectivity index (χ4v) is 3.21. The summed E-state index contributed by atoms with van der Waals surface area (Å²) in [7, 11) is 0. The van der Waals surface area contributed by atoms with E-state index in [-0.39, 0.29) is 6.04 Å². The van der Waals surface area contributed by atoms with Gasteiger partial charge < -0.3 is 10.7 Å². The van der Waals surface area contributed by atoms with Gasteiger partial charge in [-0.15, -0.1) is 11.3 Å². The van der Waals surface area contributed by atoms with Gasteiger partial charge in [0.2, 0.25) is 0 Å². The number of para-hydroxylation sites is 1. The summed E-state index contributed by atoms with van der Waals surface area (Å²) in [6, 6.07) is 8.28. The molecule has 1 unspecified atom stereocenters. The first-order chi connectivity index (χ1) is 9.15. The molecule has 0 amide bonds. The average Bonchev–Trinajstić information content (AvgIpc) is 2.95. The molecule has 2 heterocycles. The molecule has 0 aliphatic heterocycles. The zero-order chi connectivity index (χ0) is 13.4. The molecule has 0 bridgehead atoms. The van der Waals surface area contributed by atoms with Crippen molar-refractivity contribution in [1.82, 2.24) is 9.97 Å². The number of nitrogens with two attached hydrogens (primary N) is 1. The second kappa shape index (κ2) is 4.79. The number of hydrogen-bond donors (Lipinski definition) is 2. The van der Waals surface area contributed by atoms with Gasteiger partial charge >= 0.3 is 0 Å². The van der Waals surface area contributed by atoms with E-state index in [1.54, 1.807) is 11.3 Å². The number of nitrogens with zero attached hydrogens (tertiary/aromatic N) is 1. The molecule has 0 aliphatic rings. The van der Waals surface area contributed by atoms with Crippen LogP contribution >= 0.6 is 11.3 Å². The van der Waals surface area contributed by atoms with Crippen molar-refractivity contribution < 1.29 is 0 Å². The molecule has 0 aliphatic carbocycles. The summed E-state index contributed by atoms with van der Waals surface area (Å²) in [6.07, 6.45) is 2.87. The predicted molar refractivity (Wildman–Crippen MR) is 80.5 cm³/mol.